The van der Waals surface area contributed by atoms with E-state index in [4.69, 9.17) is 4.52 Å². The SMILES string of the molecule is C[C@@]1(O)CCN(C(=O)c2cnoc2-c2ccccc2)C[C@H]1O. The number of carbonyl (C=O) groups is 1. The standard InChI is InChI=1S/C16H18N2O4/c1-16(21)7-8-18(10-13(16)19)15(20)12-9-17-22-14(12)11-5-3-2-4-6-11/h2-6,9,13,19,21H,7-8,10H2,1H3/t13-,16-/m1/s1. The van der Waals surface area contributed by atoms with Gasteiger partial charge in [0.1, 0.15) is 5.56 Å². The van der Waals surface area contributed by atoms with Gasteiger partial charge < -0.3 is 19.6 Å². The summed E-state index contributed by atoms with van der Waals surface area (Å²) in [5.41, 5.74) is -0.0268. The molecule has 6 nitrogen and oxygen atoms in total. The van der Waals surface area contributed by atoms with Crippen LogP contribution in [0.15, 0.2) is 41.1 Å². The van der Waals surface area contributed by atoms with Crippen LogP contribution in [-0.4, -0.2) is 51.0 Å². The number of piperidine rings is 1. The fourth-order valence-electron chi connectivity index (χ4n) is 2.57. The lowest BCUT2D eigenvalue weighted by Gasteiger charge is -2.39. The van der Waals surface area contributed by atoms with Crippen molar-refractivity contribution in [3.8, 4) is 11.3 Å². The Labute approximate surface area is 128 Å². The minimum absolute atomic E-state index is 0.0885. The van der Waals surface area contributed by atoms with Gasteiger partial charge in [0.25, 0.3) is 5.91 Å². The molecule has 1 fully saturated rings. The number of aromatic nitrogens is 1. The van der Waals surface area contributed by atoms with Crippen molar-refractivity contribution in [1.29, 1.82) is 0 Å². The number of rotatable bonds is 2. The zero-order valence-corrected chi connectivity index (χ0v) is 12.3. The van der Waals surface area contributed by atoms with Crippen LogP contribution in [0.25, 0.3) is 11.3 Å². The topological polar surface area (TPSA) is 86.8 Å². The molecule has 2 N–H and O–H groups in total. The molecule has 0 bridgehead atoms. The van der Waals surface area contributed by atoms with Crippen molar-refractivity contribution < 1.29 is 19.5 Å². The number of aliphatic hydroxyl groups excluding tert-OH is 1. The summed E-state index contributed by atoms with van der Waals surface area (Å²) in [7, 11) is 0. The van der Waals surface area contributed by atoms with Crippen molar-refractivity contribution in [2.45, 2.75) is 25.0 Å². The second-order valence-electron chi connectivity index (χ2n) is 5.81. The van der Waals surface area contributed by atoms with Gasteiger partial charge in [0.2, 0.25) is 0 Å². The van der Waals surface area contributed by atoms with E-state index in [1.54, 1.807) is 6.92 Å². The number of aliphatic hydroxyl groups is 2. The van der Waals surface area contributed by atoms with Gasteiger partial charge in [-0.25, -0.2) is 0 Å². The molecule has 2 heterocycles. The van der Waals surface area contributed by atoms with Crippen LogP contribution in [0.3, 0.4) is 0 Å². The molecule has 0 saturated carbocycles. The third-order valence-corrected chi connectivity index (χ3v) is 4.12. The first-order valence-electron chi connectivity index (χ1n) is 7.19. The zero-order chi connectivity index (χ0) is 15.7. The summed E-state index contributed by atoms with van der Waals surface area (Å²) in [6.45, 7) is 2.04. The summed E-state index contributed by atoms with van der Waals surface area (Å²) >= 11 is 0. The first kappa shape index (κ1) is 14.7. The van der Waals surface area contributed by atoms with Gasteiger partial charge in [-0.1, -0.05) is 35.5 Å². The third kappa shape index (κ3) is 2.63. The van der Waals surface area contributed by atoms with E-state index in [2.05, 4.69) is 5.16 Å². The summed E-state index contributed by atoms with van der Waals surface area (Å²) in [5.74, 6) is 0.159. The number of hydrogen-bond acceptors (Lipinski definition) is 5. The normalized spacial score (nSPS) is 25.2. The van der Waals surface area contributed by atoms with Crippen molar-refractivity contribution >= 4 is 5.91 Å². The van der Waals surface area contributed by atoms with Gasteiger partial charge in [-0.05, 0) is 13.3 Å². The average molecular weight is 302 g/mol. The molecule has 1 aromatic carbocycles. The minimum Gasteiger partial charge on any atom is -0.388 e. The first-order valence-corrected chi connectivity index (χ1v) is 7.19. The molecule has 1 aromatic heterocycles. The predicted molar refractivity (Wildman–Crippen MR) is 79.1 cm³/mol. The monoisotopic (exact) mass is 302 g/mol. The van der Waals surface area contributed by atoms with Gasteiger partial charge in [-0.3, -0.25) is 4.79 Å². The summed E-state index contributed by atoms with van der Waals surface area (Å²) in [6.07, 6.45) is 0.751. The number of hydrogen-bond donors (Lipinski definition) is 2. The zero-order valence-electron chi connectivity index (χ0n) is 12.3. The maximum absolute atomic E-state index is 12.6. The van der Waals surface area contributed by atoms with Crippen LogP contribution < -0.4 is 0 Å². The number of benzene rings is 1. The Balaban J connectivity index is 1.84. The highest BCUT2D eigenvalue weighted by Gasteiger charge is 2.38. The maximum atomic E-state index is 12.6. The Morgan fingerprint density at radius 1 is 1.41 bits per heavy atom. The van der Waals surface area contributed by atoms with Crippen LogP contribution in [0.5, 0.6) is 0 Å². The lowest BCUT2D eigenvalue weighted by Crippen LogP contribution is -2.55. The van der Waals surface area contributed by atoms with Crippen LogP contribution in [0, 0.1) is 0 Å². The molecule has 2 aromatic rings. The van der Waals surface area contributed by atoms with E-state index >= 15 is 0 Å². The highest BCUT2D eigenvalue weighted by molar-refractivity contribution is 5.99. The molecule has 1 aliphatic rings. The van der Waals surface area contributed by atoms with E-state index in [0.29, 0.717) is 24.3 Å². The van der Waals surface area contributed by atoms with Gasteiger partial charge in [-0.2, -0.15) is 0 Å². The van der Waals surface area contributed by atoms with Crippen molar-refractivity contribution in [3.63, 3.8) is 0 Å². The van der Waals surface area contributed by atoms with E-state index in [1.807, 2.05) is 30.3 Å². The molecule has 0 radical (unpaired) electrons. The molecule has 6 heteroatoms. The molecule has 0 aliphatic carbocycles. The number of nitrogens with zero attached hydrogens (tertiary/aromatic N) is 2. The second-order valence-corrected chi connectivity index (χ2v) is 5.81. The highest BCUT2D eigenvalue weighted by atomic mass is 16.5. The summed E-state index contributed by atoms with van der Waals surface area (Å²) < 4.78 is 5.22. The Bertz CT molecular complexity index is 666. The lowest BCUT2D eigenvalue weighted by atomic mass is 9.90. The molecular weight excluding hydrogens is 284 g/mol. The highest BCUT2D eigenvalue weighted by Crippen LogP contribution is 2.27. The predicted octanol–water partition coefficient (Wildman–Crippen LogP) is 1.30. The molecule has 3 rings (SSSR count). The molecule has 116 valence electrons. The molecule has 2 atom stereocenters. The maximum Gasteiger partial charge on any atom is 0.259 e. The Morgan fingerprint density at radius 3 is 2.82 bits per heavy atom. The Morgan fingerprint density at radius 2 is 2.14 bits per heavy atom. The van der Waals surface area contributed by atoms with Crippen molar-refractivity contribution in [3.05, 3.63) is 42.1 Å². The number of likely N-dealkylation sites (tertiary alicyclic amines) is 1. The summed E-state index contributed by atoms with van der Waals surface area (Å²) in [5, 5.41) is 23.7. The largest absolute Gasteiger partial charge is 0.388 e. The smallest absolute Gasteiger partial charge is 0.259 e. The van der Waals surface area contributed by atoms with Crippen LogP contribution in [0.1, 0.15) is 23.7 Å². The van der Waals surface area contributed by atoms with Gasteiger partial charge in [0.05, 0.1) is 17.9 Å². The van der Waals surface area contributed by atoms with E-state index in [0.717, 1.165) is 5.56 Å². The summed E-state index contributed by atoms with van der Waals surface area (Å²) in [4.78, 5) is 14.2. The first-order chi connectivity index (χ1) is 10.5. The molecule has 1 saturated heterocycles. The fraction of sp³-hybridized carbons (Fsp3) is 0.375. The van der Waals surface area contributed by atoms with E-state index in [-0.39, 0.29) is 12.5 Å². The second kappa shape index (κ2) is 5.55. The quantitative estimate of drug-likeness (QED) is 0.873. The summed E-state index contributed by atoms with van der Waals surface area (Å²) in [6, 6.07) is 9.27. The molecule has 1 aliphatic heterocycles. The van der Waals surface area contributed by atoms with Crippen molar-refractivity contribution in [1.82, 2.24) is 10.1 Å². The molecular formula is C16H18N2O4. The van der Waals surface area contributed by atoms with Crippen LogP contribution in [0.4, 0.5) is 0 Å². The molecule has 1 amide bonds. The van der Waals surface area contributed by atoms with Crippen LogP contribution in [0.2, 0.25) is 0 Å². The van der Waals surface area contributed by atoms with Gasteiger partial charge in [0, 0.05) is 18.7 Å². The third-order valence-electron chi connectivity index (χ3n) is 4.12. The fourth-order valence-corrected chi connectivity index (χ4v) is 2.57. The number of amides is 1. The molecule has 0 unspecified atom stereocenters. The number of β-amino-alcohol motifs (C(OH)–C–C–N with tert-alkyl or cyclic N) is 1. The van der Waals surface area contributed by atoms with Crippen LogP contribution >= 0.6 is 0 Å². The molecule has 22 heavy (non-hydrogen) atoms. The van der Waals surface area contributed by atoms with Crippen molar-refractivity contribution in [2.24, 2.45) is 0 Å². The lowest BCUT2D eigenvalue weighted by molar-refractivity contribution is -0.0999. The van der Waals surface area contributed by atoms with Crippen LogP contribution in [-0.2, 0) is 0 Å². The van der Waals surface area contributed by atoms with Gasteiger partial charge in [0.15, 0.2) is 5.76 Å². The van der Waals surface area contributed by atoms with E-state index in [9.17, 15) is 15.0 Å². The number of carbonyl (C=O) groups excluding carboxylic acids is 1. The Hall–Kier alpha value is -2.18. The van der Waals surface area contributed by atoms with E-state index < -0.39 is 11.7 Å². The van der Waals surface area contributed by atoms with Gasteiger partial charge >= 0.3 is 0 Å². The molecule has 0 spiro atoms. The Kier molecular flexibility index (Phi) is 3.72. The van der Waals surface area contributed by atoms with Crippen molar-refractivity contribution in [2.75, 3.05) is 13.1 Å². The van der Waals surface area contributed by atoms with E-state index in [1.165, 1.54) is 11.1 Å². The average Bonchev–Trinajstić information content (AvgIpc) is 3.00. The van der Waals surface area contributed by atoms with Gasteiger partial charge in [-0.15, -0.1) is 0 Å². The minimum atomic E-state index is -1.16.